The molecule has 0 atom stereocenters. The van der Waals surface area contributed by atoms with E-state index in [1.54, 1.807) is 0 Å². The summed E-state index contributed by atoms with van der Waals surface area (Å²) >= 11 is 0. The van der Waals surface area contributed by atoms with Gasteiger partial charge in [-0.25, -0.2) is 0 Å². The van der Waals surface area contributed by atoms with Gasteiger partial charge in [-0.05, 0) is 61.6 Å². The van der Waals surface area contributed by atoms with E-state index in [2.05, 4.69) is 31.2 Å². The van der Waals surface area contributed by atoms with E-state index in [-0.39, 0.29) is 0 Å². The highest BCUT2D eigenvalue weighted by Crippen LogP contribution is 2.44. The maximum atomic E-state index is 5.80. The minimum absolute atomic E-state index is 0.568. The maximum Gasteiger partial charge on any atom is -0.00720 e. The van der Waals surface area contributed by atoms with E-state index in [0.29, 0.717) is 5.41 Å². The molecular formula is C17H27N. The summed E-state index contributed by atoms with van der Waals surface area (Å²) in [5.74, 6) is 0. The van der Waals surface area contributed by atoms with E-state index in [9.17, 15) is 0 Å². The molecule has 1 aromatic rings. The first kappa shape index (κ1) is 13.6. The molecule has 1 aliphatic rings. The number of hydrogen-bond donors (Lipinski definition) is 1. The van der Waals surface area contributed by atoms with E-state index in [0.717, 1.165) is 13.0 Å². The normalized spacial score (nSPS) is 18.1. The Balaban J connectivity index is 1.92. The lowest BCUT2D eigenvalue weighted by molar-refractivity contribution is 0.253. The standard InChI is InChI=1S/C17H27N/c1-2-15-5-7-16(8-6-15)9-12-17(13-14-18)10-3-4-11-17/h5-8H,2-4,9-14,18H2,1H3. The van der Waals surface area contributed by atoms with Crippen LogP contribution in [0.4, 0.5) is 0 Å². The van der Waals surface area contributed by atoms with Crippen LogP contribution in [0.3, 0.4) is 0 Å². The van der Waals surface area contributed by atoms with Crippen molar-refractivity contribution in [3.8, 4) is 0 Å². The van der Waals surface area contributed by atoms with E-state index in [4.69, 9.17) is 5.73 Å². The van der Waals surface area contributed by atoms with Crippen molar-refractivity contribution in [3.05, 3.63) is 35.4 Å². The van der Waals surface area contributed by atoms with Gasteiger partial charge in [0, 0.05) is 0 Å². The van der Waals surface area contributed by atoms with Gasteiger partial charge in [0.15, 0.2) is 0 Å². The minimum atomic E-state index is 0.568. The lowest BCUT2D eigenvalue weighted by Crippen LogP contribution is -2.21. The van der Waals surface area contributed by atoms with Crippen LogP contribution in [0.1, 0.15) is 56.6 Å². The fourth-order valence-corrected chi connectivity index (χ4v) is 3.41. The van der Waals surface area contributed by atoms with Crippen LogP contribution in [0.25, 0.3) is 0 Å². The van der Waals surface area contributed by atoms with Crippen LogP contribution >= 0.6 is 0 Å². The Bertz CT molecular complexity index is 346. The highest BCUT2D eigenvalue weighted by molar-refractivity contribution is 5.22. The van der Waals surface area contributed by atoms with Crippen molar-refractivity contribution in [1.82, 2.24) is 0 Å². The molecule has 0 spiro atoms. The molecule has 100 valence electrons. The van der Waals surface area contributed by atoms with Gasteiger partial charge >= 0.3 is 0 Å². The summed E-state index contributed by atoms with van der Waals surface area (Å²) in [7, 11) is 0. The third-order valence-electron chi connectivity index (χ3n) is 4.71. The largest absolute Gasteiger partial charge is 0.330 e. The molecule has 1 saturated carbocycles. The lowest BCUT2D eigenvalue weighted by atomic mass is 9.77. The number of benzene rings is 1. The predicted molar refractivity (Wildman–Crippen MR) is 78.7 cm³/mol. The molecule has 2 N–H and O–H groups in total. The molecule has 1 nitrogen and oxygen atoms in total. The third kappa shape index (κ3) is 3.35. The van der Waals surface area contributed by atoms with Crippen LogP contribution in [-0.2, 0) is 12.8 Å². The molecule has 0 aliphatic heterocycles. The summed E-state index contributed by atoms with van der Waals surface area (Å²) in [4.78, 5) is 0. The topological polar surface area (TPSA) is 26.0 Å². The van der Waals surface area contributed by atoms with Crippen LogP contribution in [0.15, 0.2) is 24.3 Å². The van der Waals surface area contributed by atoms with Crippen molar-refractivity contribution in [2.24, 2.45) is 11.1 Å². The summed E-state index contributed by atoms with van der Waals surface area (Å²) in [5.41, 5.74) is 9.30. The molecule has 0 heterocycles. The molecule has 0 unspecified atom stereocenters. The smallest absolute Gasteiger partial charge is 0.00720 e. The van der Waals surface area contributed by atoms with Crippen LogP contribution in [0.5, 0.6) is 0 Å². The van der Waals surface area contributed by atoms with Crippen molar-refractivity contribution in [2.45, 2.75) is 58.3 Å². The van der Waals surface area contributed by atoms with Crippen LogP contribution < -0.4 is 5.73 Å². The number of hydrogen-bond acceptors (Lipinski definition) is 1. The first-order valence-corrected chi connectivity index (χ1v) is 7.56. The van der Waals surface area contributed by atoms with Crippen LogP contribution in [0.2, 0.25) is 0 Å². The monoisotopic (exact) mass is 245 g/mol. The molecule has 1 heteroatoms. The van der Waals surface area contributed by atoms with Gasteiger partial charge in [0.05, 0.1) is 0 Å². The quantitative estimate of drug-likeness (QED) is 0.802. The molecule has 0 amide bonds. The fraction of sp³-hybridized carbons (Fsp3) is 0.647. The second kappa shape index (κ2) is 6.38. The lowest BCUT2D eigenvalue weighted by Gasteiger charge is -2.28. The maximum absolute atomic E-state index is 5.80. The molecule has 18 heavy (non-hydrogen) atoms. The summed E-state index contributed by atoms with van der Waals surface area (Å²) < 4.78 is 0. The molecule has 1 fully saturated rings. The zero-order valence-corrected chi connectivity index (χ0v) is 11.8. The fourth-order valence-electron chi connectivity index (χ4n) is 3.41. The molecule has 0 bridgehead atoms. The molecule has 1 aliphatic carbocycles. The van der Waals surface area contributed by atoms with Crippen molar-refractivity contribution in [1.29, 1.82) is 0 Å². The summed E-state index contributed by atoms with van der Waals surface area (Å²) in [6.45, 7) is 3.07. The molecule has 0 aromatic heterocycles. The third-order valence-corrected chi connectivity index (χ3v) is 4.71. The van der Waals surface area contributed by atoms with Gasteiger partial charge < -0.3 is 5.73 Å². The van der Waals surface area contributed by atoms with Crippen LogP contribution in [0, 0.1) is 5.41 Å². The Morgan fingerprint density at radius 3 is 2.17 bits per heavy atom. The van der Waals surface area contributed by atoms with E-state index in [1.807, 2.05) is 0 Å². The van der Waals surface area contributed by atoms with Gasteiger partial charge in [0.2, 0.25) is 0 Å². The Kier molecular flexibility index (Phi) is 4.82. The Hall–Kier alpha value is -0.820. The molecule has 2 rings (SSSR count). The summed E-state index contributed by atoms with van der Waals surface area (Å²) in [5, 5.41) is 0. The highest BCUT2D eigenvalue weighted by Gasteiger charge is 2.32. The predicted octanol–water partition coefficient (Wildman–Crippen LogP) is 4.09. The zero-order chi connectivity index (χ0) is 12.8. The van der Waals surface area contributed by atoms with Crippen molar-refractivity contribution >= 4 is 0 Å². The minimum Gasteiger partial charge on any atom is -0.330 e. The van der Waals surface area contributed by atoms with Crippen molar-refractivity contribution in [3.63, 3.8) is 0 Å². The number of rotatable bonds is 6. The molecular weight excluding hydrogens is 218 g/mol. The first-order chi connectivity index (χ1) is 8.78. The molecule has 0 radical (unpaired) electrons. The second-order valence-corrected chi connectivity index (χ2v) is 5.92. The van der Waals surface area contributed by atoms with Gasteiger partial charge in [-0.3, -0.25) is 0 Å². The Morgan fingerprint density at radius 1 is 1.00 bits per heavy atom. The van der Waals surface area contributed by atoms with E-state index in [1.165, 1.54) is 56.1 Å². The van der Waals surface area contributed by atoms with E-state index < -0.39 is 0 Å². The Morgan fingerprint density at radius 2 is 1.61 bits per heavy atom. The zero-order valence-electron chi connectivity index (χ0n) is 11.8. The second-order valence-electron chi connectivity index (χ2n) is 5.92. The molecule has 1 aromatic carbocycles. The summed E-state index contributed by atoms with van der Waals surface area (Å²) in [6, 6.07) is 9.17. The highest BCUT2D eigenvalue weighted by atomic mass is 14.5. The van der Waals surface area contributed by atoms with Crippen molar-refractivity contribution in [2.75, 3.05) is 6.54 Å². The van der Waals surface area contributed by atoms with Gasteiger partial charge in [-0.15, -0.1) is 0 Å². The summed E-state index contributed by atoms with van der Waals surface area (Å²) in [6.07, 6.45) is 10.5. The average Bonchev–Trinajstić information content (AvgIpc) is 2.87. The first-order valence-electron chi connectivity index (χ1n) is 7.56. The van der Waals surface area contributed by atoms with Crippen molar-refractivity contribution < 1.29 is 0 Å². The SMILES string of the molecule is CCc1ccc(CCC2(CCN)CCCC2)cc1. The van der Waals surface area contributed by atoms with Gasteiger partial charge in [0.25, 0.3) is 0 Å². The average molecular weight is 245 g/mol. The van der Waals surface area contributed by atoms with E-state index >= 15 is 0 Å². The van der Waals surface area contributed by atoms with Gasteiger partial charge in [-0.1, -0.05) is 44.0 Å². The van der Waals surface area contributed by atoms with Gasteiger partial charge in [0.1, 0.15) is 0 Å². The number of aryl methyl sites for hydroxylation is 2. The van der Waals surface area contributed by atoms with Gasteiger partial charge in [-0.2, -0.15) is 0 Å². The number of nitrogens with two attached hydrogens (primary N) is 1. The van der Waals surface area contributed by atoms with Crippen LogP contribution in [-0.4, -0.2) is 6.54 Å². The molecule has 0 saturated heterocycles. The Labute approximate surface area is 112 Å².